The van der Waals surface area contributed by atoms with Crippen LogP contribution in [-0.2, 0) is 5.41 Å². The summed E-state index contributed by atoms with van der Waals surface area (Å²) < 4.78 is 5.85. The number of aliphatic hydroxyl groups excluding tert-OH is 1. The van der Waals surface area contributed by atoms with Crippen LogP contribution >= 0.6 is 0 Å². The average Bonchev–Trinajstić information content (AvgIpc) is 2.40. The van der Waals surface area contributed by atoms with Gasteiger partial charge in [0.05, 0.1) is 6.10 Å². The van der Waals surface area contributed by atoms with Crippen molar-refractivity contribution in [2.24, 2.45) is 0 Å². The van der Waals surface area contributed by atoms with Crippen LogP contribution in [0.15, 0.2) is 36.5 Å². The molecule has 112 valence electrons. The SMILES string of the molecule is Cc1cc(C(C)(C)C)ccc1Oc1cc([C@@H](C)O)ccn1. The van der Waals surface area contributed by atoms with E-state index in [0.29, 0.717) is 5.88 Å². The molecule has 0 radical (unpaired) electrons. The van der Waals surface area contributed by atoms with E-state index >= 15 is 0 Å². The Balaban J connectivity index is 2.26. The highest BCUT2D eigenvalue weighted by Crippen LogP contribution is 2.30. The molecule has 1 aromatic heterocycles. The van der Waals surface area contributed by atoms with Gasteiger partial charge in [-0.15, -0.1) is 0 Å². The van der Waals surface area contributed by atoms with E-state index < -0.39 is 6.10 Å². The summed E-state index contributed by atoms with van der Waals surface area (Å²) in [5, 5.41) is 9.61. The van der Waals surface area contributed by atoms with E-state index in [1.807, 2.05) is 13.0 Å². The smallest absolute Gasteiger partial charge is 0.219 e. The van der Waals surface area contributed by atoms with Gasteiger partial charge in [-0.05, 0) is 48.1 Å². The summed E-state index contributed by atoms with van der Waals surface area (Å²) in [5.74, 6) is 1.29. The van der Waals surface area contributed by atoms with Crippen molar-refractivity contribution in [1.29, 1.82) is 0 Å². The second-order valence-electron chi connectivity index (χ2n) is 6.44. The second-order valence-corrected chi connectivity index (χ2v) is 6.44. The van der Waals surface area contributed by atoms with Crippen LogP contribution < -0.4 is 4.74 Å². The molecule has 0 saturated heterocycles. The first-order chi connectivity index (χ1) is 9.77. The van der Waals surface area contributed by atoms with Gasteiger partial charge in [-0.25, -0.2) is 4.98 Å². The largest absolute Gasteiger partial charge is 0.439 e. The fourth-order valence-electron chi connectivity index (χ4n) is 2.08. The quantitative estimate of drug-likeness (QED) is 0.900. The van der Waals surface area contributed by atoms with Crippen molar-refractivity contribution in [2.75, 3.05) is 0 Å². The lowest BCUT2D eigenvalue weighted by atomic mass is 9.86. The highest BCUT2D eigenvalue weighted by atomic mass is 16.5. The Morgan fingerprint density at radius 1 is 1.14 bits per heavy atom. The Bertz CT molecular complexity index is 627. The lowest BCUT2D eigenvalue weighted by Crippen LogP contribution is -2.11. The van der Waals surface area contributed by atoms with Crippen LogP contribution in [0, 0.1) is 6.92 Å². The molecule has 0 saturated carbocycles. The standard InChI is InChI=1S/C18H23NO2/c1-12-10-15(18(3,4)5)6-7-16(12)21-17-11-14(13(2)20)8-9-19-17/h6-11,13,20H,1-5H3/t13-/m1/s1. The molecule has 1 aromatic carbocycles. The van der Waals surface area contributed by atoms with E-state index in [2.05, 4.69) is 37.9 Å². The van der Waals surface area contributed by atoms with Gasteiger partial charge in [-0.3, -0.25) is 0 Å². The van der Waals surface area contributed by atoms with Crippen molar-refractivity contribution >= 4 is 0 Å². The van der Waals surface area contributed by atoms with E-state index in [4.69, 9.17) is 4.74 Å². The predicted octanol–water partition coefficient (Wildman–Crippen LogP) is 4.53. The number of aromatic nitrogens is 1. The van der Waals surface area contributed by atoms with Crippen LogP contribution in [-0.4, -0.2) is 10.1 Å². The molecule has 3 heteroatoms. The van der Waals surface area contributed by atoms with Gasteiger partial charge in [0.15, 0.2) is 0 Å². The van der Waals surface area contributed by atoms with Gasteiger partial charge in [0.25, 0.3) is 0 Å². The number of ether oxygens (including phenoxy) is 1. The Morgan fingerprint density at radius 2 is 1.86 bits per heavy atom. The average molecular weight is 285 g/mol. The molecule has 0 fully saturated rings. The van der Waals surface area contributed by atoms with Gasteiger partial charge < -0.3 is 9.84 Å². The van der Waals surface area contributed by atoms with Gasteiger partial charge in [-0.1, -0.05) is 32.9 Å². The molecule has 1 atom stereocenters. The topological polar surface area (TPSA) is 42.4 Å². The highest BCUT2D eigenvalue weighted by Gasteiger charge is 2.15. The molecule has 1 N–H and O–H groups in total. The third-order valence-corrected chi connectivity index (χ3v) is 3.50. The Hall–Kier alpha value is -1.87. The van der Waals surface area contributed by atoms with Gasteiger partial charge in [-0.2, -0.15) is 0 Å². The Morgan fingerprint density at radius 3 is 2.43 bits per heavy atom. The number of nitrogens with zero attached hydrogens (tertiary/aromatic N) is 1. The minimum Gasteiger partial charge on any atom is -0.439 e. The third-order valence-electron chi connectivity index (χ3n) is 3.50. The molecule has 2 aromatic rings. The first-order valence-electron chi connectivity index (χ1n) is 7.20. The molecule has 1 heterocycles. The molecule has 0 aliphatic heterocycles. The van der Waals surface area contributed by atoms with Crippen LogP contribution in [0.4, 0.5) is 0 Å². The minimum absolute atomic E-state index is 0.119. The van der Waals surface area contributed by atoms with Crippen molar-refractivity contribution in [3.63, 3.8) is 0 Å². The van der Waals surface area contributed by atoms with E-state index in [-0.39, 0.29) is 5.41 Å². The van der Waals surface area contributed by atoms with Crippen LogP contribution in [0.1, 0.15) is 50.5 Å². The fourth-order valence-corrected chi connectivity index (χ4v) is 2.08. The zero-order valence-electron chi connectivity index (χ0n) is 13.3. The summed E-state index contributed by atoms with van der Waals surface area (Å²) >= 11 is 0. The number of aliphatic hydroxyl groups is 1. The van der Waals surface area contributed by atoms with Crippen LogP contribution in [0.25, 0.3) is 0 Å². The predicted molar refractivity (Wildman–Crippen MR) is 84.8 cm³/mol. The zero-order valence-corrected chi connectivity index (χ0v) is 13.3. The number of aryl methyl sites for hydroxylation is 1. The minimum atomic E-state index is -0.528. The molecule has 0 bridgehead atoms. The molecule has 0 aliphatic rings. The molecule has 0 aliphatic carbocycles. The maximum absolute atomic E-state index is 9.61. The van der Waals surface area contributed by atoms with Crippen molar-refractivity contribution in [1.82, 2.24) is 4.98 Å². The van der Waals surface area contributed by atoms with Crippen molar-refractivity contribution in [3.8, 4) is 11.6 Å². The lowest BCUT2D eigenvalue weighted by molar-refractivity contribution is 0.198. The molecular formula is C18H23NO2. The molecule has 0 amide bonds. The fraction of sp³-hybridized carbons (Fsp3) is 0.389. The Kier molecular flexibility index (Phi) is 4.33. The van der Waals surface area contributed by atoms with E-state index in [0.717, 1.165) is 16.9 Å². The molecular weight excluding hydrogens is 262 g/mol. The van der Waals surface area contributed by atoms with Crippen LogP contribution in [0.3, 0.4) is 0 Å². The lowest BCUT2D eigenvalue weighted by Gasteiger charge is -2.20. The van der Waals surface area contributed by atoms with Gasteiger partial charge >= 0.3 is 0 Å². The first kappa shape index (κ1) is 15.5. The second kappa shape index (κ2) is 5.86. The number of rotatable bonds is 3. The van der Waals surface area contributed by atoms with Crippen molar-refractivity contribution in [3.05, 3.63) is 53.2 Å². The Labute approximate surface area is 126 Å². The van der Waals surface area contributed by atoms with E-state index in [9.17, 15) is 5.11 Å². The number of hydrogen-bond acceptors (Lipinski definition) is 3. The molecule has 2 rings (SSSR count). The maximum atomic E-state index is 9.61. The summed E-state index contributed by atoms with van der Waals surface area (Å²) in [6.07, 6.45) is 1.12. The summed E-state index contributed by atoms with van der Waals surface area (Å²) in [5.41, 5.74) is 3.27. The first-order valence-corrected chi connectivity index (χ1v) is 7.20. The molecule has 3 nitrogen and oxygen atoms in total. The van der Waals surface area contributed by atoms with Crippen molar-refractivity contribution in [2.45, 2.75) is 46.1 Å². The number of pyridine rings is 1. The molecule has 21 heavy (non-hydrogen) atoms. The molecule has 0 unspecified atom stereocenters. The summed E-state index contributed by atoms with van der Waals surface area (Å²) in [6.45, 7) is 10.3. The highest BCUT2D eigenvalue weighted by molar-refractivity contribution is 5.40. The van der Waals surface area contributed by atoms with Crippen molar-refractivity contribution < 1.29 is 9.84 Å². The van der Waals surface area contributed by atoms with Crippen LogP contribution in [0.2, 0.25) is 0 Å². The molecule has 0 spiro atoms. The van der Waals surface area contributed by atoms with E-state index in [1.54, 1.807) is 25.3 Å². The van der Waals surface area contributed by atoms with Gasteiger partial charge in [0.1, 0.15) is 5.75 Å². The summed E-state index contributed by atoms with van der Waals surface area (Å²) in [4.78, 5) is 4.20. The van der Waals surface area contributed by atoms with Gasteiger partial charge in [0.2, 0.25) is 5.88 Å². The van der Waals surface area contributed by atoms with E-state index in [1.165, 1.54) is 5.56 Å². The third kappa shape index (κ3) is 3.82. The monoisotopic (exact) mass is 285 g/mol. The number of benzene rings is 1. The maximum Gasteiger partial charge on any atom is 0.219 e. The van der Waals surface area contributed by atoms with Gasteiger partial charge in [0, 0.05) is 12.3 Å². The summed E-state index contributed by atoms with van der Waals surface area (Å²) in [7, 11) is 0. The summed E-state index contributed by atoms with van der Waals surface area (Å²) in [6, 6.07) is 9.76. The van der Waals surface area contributed by atoms with Crippen LogP contribution in [0.5, 0.6) is 11.6 Å². The number of hydrogen-bond donors (Lipinski definition) is 1. The normalized spacial score (nSPS) is 13.0. The zero-order chi connectivity index (χ0) is 15.6.